The number of carbonyl (C=O) groups is 1. The topological polar surface area (TPSA) is 78.0 Å². The van der Waals surface area contributed by atoms with Crippen LogP contribution in [0.4, 0.5) is 11.6 Å². The maximum atomic E-state index is 10.9. The van der Waals surface area contributed by atoms with Gasteiger partial charge in [0.15, 0.2) is 0 Å². The van der Waals surface area contributed by atoms with E-state index in [0.29, 0.717) is 27.0 Å². The lowest BCUT2D eigenvalue weighted by molar-refractivity contribution is 0.0697. The van der Waals surface area contributed by atoms with Crippen LogP contribution in [0.2, 0.25) is 10.0 Å². The summed E-state index contributed by atoms with van der Waals surface area (Å²) < 4.78 is 0. The number of hydrogen-bond acceptors (Lipinski definition) is 3. The fourth-order valence-corrected chi connectivity index (χ4v) is 2.21. The van der Waals surface area contributed by atoms with Crippen molar-refractivity contribution in [3.8, 4) is 0 Å². The van der Waals surface area contributed by atoms with Crippen molar-refractivity contribution < 1.29 is 9.90 Å². The molecule has 0 aliphatic heterocycles. The van der Waals surface area contributed by atoms with Crippen molar-refractivity contribution in [2.45, 2.75) is 0 Å². The molecule has 0 fully saturated rings. The quantitative estimate of drug-likeness (QED) is 0.671. The fraction of sp³-hybridized carbons (Fsp3) is 0. The van der Waals surface area contributed by atoms with Crippen LogP contribution in [0, 0.1) is 0 Å². The van der Waals surface area contributed by atoms with E-state index in [2.05, 4.69) is 15.3 Å². The molecule has 1 aromatic heterocycles. The van der Waals surface area contributed by atoms with Crippen LogP contribution in [-0.4, -0.2) is 21.0 Å². The smallest absolute Gasteiger partial charge is 0.335 e. The lowest BCUT2D eigenvalue weighted by atomic mass is 10.2. The first-order valence-electron chi connectivity index (χ1n) is 5.98. The Hall–Kier alpha value is -2.24. The van der Waals surface area contributed by atoms with Crippen LogP contribution in [0.3, 0.4) is 0 Å². The van der Waals surface area contributed by atoms with Crippen LogP contribution in [0.15, 0.2) is 36.4 Å². The van der Waals surface area contributed by atoms with E-state index in [1.54, 1.807) is 24.3 Å². The number of aromatic amines is 1. The Bertz CT molecular complexity index is 845. The van der Waals surface area contributed by atoms with E-state index in [9.17, 15) is 4.79 Å². The number of anilines is 2. The predicted molar refractivity (Wildman–Crippen MR) is 82.8 cm³/mol. The standard InChI is InChI=1S/C14H9Cl2N3O2/c15-9-3-2-8(6-10(9)16)17-14-18-11-4-1-7(13(20)21)5-12(11)19-14/h1-6H,(H,20,21)(H2,17,18,19). The molecule has 0 unspecified atom stereocenters. The van der Waals surface area contributed by atoms with Crippen LogP contribution < -0.4 is 5.32 Å². The molecule has 0 spiro atoms. The van der Waals surface area contributed by atoms with Crippen LogP contribution in [-0.2, 0) is 0 Å². The van der Waals surface area contributed by atoms with Gasteiger partial charge in [0, 0.05) is 5.69 Å². The Labute approximate surface area is 129 Å². The first kappa shape index (κ1) is 13.7. The monoisotopic (exact) mass is 321 g/mol. The number of carboxylic acid groups (broad SMARTS) is 1. The highest BCUT2D eigenvalue weighted by atomic mass is 35.5. The summed E-state index contributed by atoms with van der Waals surface area (Å²) in [5, 5.41) is 12.9. The third-order valence-corrected chi connectivity index (χ3v) is 3.65. The predicted octanol–water partition coefficient (Wildman–Crippen LogP) is 4.31. The molecule has 106 valence electrons. The molecular formula is C14H9Cl2N3O2. The van der Waals surface area contributed by atoms with Gasteiger partial charge in [-0.1, -0.05) is 23.2 Å². The van der Waals surface area contributed by atoms with Gasteiger partial charge in [-0.15, -0.1) is 0 Å². The number of benzene rings is 2. The molecule has 0 amide bonds. The van der Waals surface area contributed by atoms with Gasteiger partial charge in [0.25, 0.3) is 0 Å². The number of rotatable bonds is 3. The minimum Gasteiger partial charge on any atom is -0.478 e. The number of nitrogens with one attached hydrogen (secondary N) is 2. The highest BCUT2D eigenvalue weighted by Gasteiger charge is 2.08. The van der Waals surface area contributed by atoms with Crippen molar-refractivity contribution in [2.24, 2.45) is 0 Å². The van der Waals surface area contributed by atoms with Gasteiger partial charge in [0.05, 0.1) is 26.6 Å². The van der Waals surface area contributed by atoms with Gasteiger partial charge < -0.3 is 15.4 Å². The number of halogens is 2. The summed E-state index contributed by atoms with van der Waals surface area (Å²) in [5.41, 5.74) is 2.23. The second-order valence-corrected chi connectivity index (χ2v) is 5.19. The molecule has 0 saturated carbocycles. The van der Waals surface area contributed by atoms with Gasteiger partial charge in [0.2, 0.25) is 5.95 Å². The largest absolute Gasteiger partial charge is 0.478 e. The fourth-order valence-electron chi connectivity index (χ4n) is 1.91. The molecule has 2 aromatic carbocycles. The van der Waals surface area contributed by atoms with Crippen molar-refractivity contribution in [2.75, 3.05) is 5.32 Å². The van der Waals surface area contributed by atoms with Crippen molar-refractivity contribution in [1.29, 1.82) is 0 Å². The maximum absolute atomic E-state index is 10.9. The molecular weight excluding hydrogens is 313 g/mol. The maximum Gasteiger partial charge on any atom is 0.335 e. The van der Waals surface area contributed by atoms with Crippen LogP contribution in [0.5, 0.6) is 0 Å². The molecule has 3 N–H and O–H groups in total. The molecule has 7 heteroatoms. The van der Waals surface area contributed by atoms with Gasteiger partial charge in [-0.3, -0.25) is 0 Å². The highest BCUT2D eigenvalue weighted by molar-refractivity contribution is 6.42. The van der Waals surface area contributed by atoms with Crippen LogP contribution in [0.1, 0.15) is 10.4 Å². The Morgan fingerprint density at radius 2 is 1.95 bits per heavy atom. The Balaban J connectivity index is 1.93. The van der Waals surface area contributed by atoms with E-state index in [4.69, 9.17) is 28.3 Å². The van der Waals surface area contributed by atoms with Gasteiger partial charge in [-0.2, -0.15) is 0 Å². The summed E-state index contributed by atoms with van der Waals surface area (Å²) in [5.74, 6) is -0.489. The SMILES string of the molecule is O=C(O)c1ccc2nc(Nc3ccc(Cl)c(Cl)c3)[nH]c2c1. The van der Waals surface area contributed by atoms with Gasteiger partial charge >= 0.3 is 5.97 Å². The van der Waals surface area contributed by atoms with Crippen LogP contribution >= 0.6 is 23.2 Å². The van der Waals surface area contributed by atoms with Crippen LogP contribution in [0.25, 0.3) is 11.0 Å². The van der Waals surface area contributed by atoms with Gasteiger partial charge in [-0.05, 0) is 36.4 Å². The van der Waals surface area contributed by atoms with E-state index in [1.165, 1.54) is 12.1 Å². The summed E-state index contributed by atoms with van der Waals surface area (Å²) in [7, 11) is 0. The number of carboxylic acids is 1. The molecule has 1 heterocycles. The zero-order valence-corrected chi connectivity index (χ0v) is 12.0. The number of fused-ring (bicyclic) bond motifs is 1. The lowest BCUT2D eigenvalue weighted by Gasteiger charge is -2.03. The number of imidazole rings is 1. The van der Waals surface area contributed by atoms with E-state index < -0.39 is 5.97 Å². The van der Waals surface area contributed by atoms with E-state index in [1.807, 2.05) is 0 Å². The van der Waals surface area contributed by atoms with E-state index in [-0.39, 0.29) is 5.56 Å². The number of H-pyrrole nitrogens is 1. The minimum absolute atomic E-state index is 0.201. The van der Waals surface area contributed by atoms with Crippen molar-refractivity contribution in [3.63, 3.8) is 0 Å². The third kappa shape index (κ3) is 2.79. The number of aromatic carboxylic acids is 1. The highest BCUT2D eigenvalue weighted by Crippen LogP contribution is 2.27. The summed E-state index contributed by atoms with van der Waals surface area (Å²) in [4.78, 5) is 18.3. The molecule has 0 atom stereocenters. The molecule has 3 rings (SSSR count). The number of hydrogen-bond donors (Lipinski definition) is 3. The van der Waals surface area contributed by atoms with Gasteiger partial charge in [-0.25, -0.2) is 9.78 Å². The van der Waals surface area contributed by atoms with Gasteiger partial charge in [0.1, 0.15) is 0 Å². The molecule has 21 heavy (non-hydrogen) atoms. The molecule has 0 radical (unpaired) electrons. The number of nitrogens with zero attached hydrogens (tertiary/aromatic N) is 1. The summed E-state index contributed by atoms with van der Waals surface area (Å²) >= 11 is 11.8. The average Bonchev–Trinajstić information content (AvgIpc) is 2.84. The second-order valence-electron chi connectivity index (χ2n) is 4.38. The first-order valence-corrected chi connectivity index (χ1v) is 6.73. The zero-order chi connectivity index (χ0) is 15.0. The Kier molecular flexibility index (Phi) is 3.45. The Morgan fingerprint density at radius 1 is 1.14 bits per heavy atom. The van der Waals surface area contributed by atoms with Crippen molar-refractivity contribution in [1.82, 2.24) is 9.97 Å². The molecule has 0 aliphatic rings. The molecule has 0 bridgehead atoms. The summed E-state index contributed by atoms with van der Waals surface area (Å²) in [6.07, 6.45) is 0. The number of aromatic nitrogens is 2. The molecule has 0 saturated heterocycles. The van der Waals surface area contributed by atoms with Crippen molar-refractivity contribution >= 4 is 51.8 Å². The van der Waals surface area contributed by atoms with E-state index in [0.717, 1.165) is 5.69 Å². The summed E-state index contributed by atoms with van der Waals surface area (Å²) in [6.45, 7) is 0. The minimum atomic E-state index is -0.981. The first-order chi connectivity index (χ1) is 10.0. The average molecular weight is 322 g/mol. The molecule has 3 aromatic rings. The normalized spacial score (nSPS) is 10.8. The lowest BCUT2D eigenvalue weighted by Crippen LogP contribution is -1.94. The third-order valence-electron chi connectivity index (χ3n) is 2.91. The summed E-state index contributed by atoms with van der Waals surface area (Å²) in [6, 6.07) is 9.82. The second kappa shape index (κ2) is 5.27. The molecule has 5 nitrogen and oxygen atoms in total. The zero-order valence-electron chi connectivity index (χ0n) is 10.5. The van der Waals surface area contributed by atoms with E-state index >= 15 is 0 Å². The molecule has 0 aliphatic carbocycles. The Morgan fingerprint density at radius 3 is 2.67 bits per heavy atom. The van der Waals surface area contributed by atoms with Crippen molar-refractivity contribution in [3.05, 3.63) is 52.0 Å².